The molecule has 4 rings (SSSR count). The second-order valence-electron chi connectivity index (χ2n) is 6.52. The fourth-order valence-corrected chi connectivity index (χ4v) is 4.84. The van der Waals surface area contributed by atoms with Crippen molar-refractivity contribution in [1.29, 1.82) is 0 Å². The number of nitrogens with zero attached hydrogens (tertiary/aromatic N) is 1. The number of carbonyl (C=O) groups is 1. The van der Waals surface area contributed by atoms with Gasteiger partial charge in [-0.25, -0.2) is 17.5 Å². The van der Waals surface area contributed by atoms with Crippen molar-refractivity contribution in [1.82, 2.24) is 4.72 Å². The predicted molar refractivity (Wildman–Crippen MR) is 97.9 cm³/mol. The van der Waals surface area contributed by atoms with Crippen LogP contribution < -0.4 is 19.7 Å². The van der Waals surface area contributed by atoms with Gasteiger partial charge in [0.15, 0.2) is 11.6 Å². The largest absolute Gasteiger partial charge is 0.494 e. The van der Waals surface area contributed by atoms with E-state index in [0.29, 0.717) is 18.7 Å². The first-order chi connectivity index (χ1) is 12.9. The lowest BCUT2D eigenvalue weighted by Gasteiger charge is -2.32. The summed E-state index contributed by atoms with van der Waals surface area (Å²) in [6.45, 7) is 0.354. The molecule has 1 amide bonds. The Morgan fingerprint density at radius 3 is 2.78 bits per heavy atom. The minimum Gasteiger partial charge on any atom is -0.494 e. The summed E-state index contributed by atoms with van der Waals surface area (Å²) in [6, 6.07) is 9.95. The van der Waals surface area contributed by atoms with Crippen molar-refractivity contribution in [2.45, 2.75) is 23.4 Å². The first-order valence-corrected chi connectivity index (χ1v) is 9.90. The number of rotatable bonds is 4. The van der Waals surface area contributed by atoms with Crippen molar-refractivity contribution < 1.29 is 22.3 Å². The lowest BCUT2D eigenvalue weighted by Crippen LogP contribution is -2.44. The highest BCUT2D eigenvalue weighted by atomic mass is 32.2. The topological polar surface area (TPSA) is 87.7 Å². The number of anilines is 2. The molecule has 9 heteroatoms. The summed E-state index contributed by atoms with van der Waals surface area (Å²) >= 11 is 0. The molecule has 2 N–H and O–H groups in total. The van der Waals surface area contributed by atoms with E-state index >= 15 is 0 Å². The number of sulfonamides is 1. The molecular weight excluding hydrogens is 373 g/mol. The quantitative estimate of drug-likeness (QED) is 0.829. The number of hydrogen-bond donors (Lipinski definition) is 2. The number of para-hydroxylation sites is 2. The van der Waals surface area contributed by atoms with Gasteiger partial charge in [-0.2, -0.15) is 0 Å². The van der Waals surface area contributed by atoms with E-state index in [-0.39, 0.29) is 16.6 Å². The van der Waals surface area contributed by atoms with E-state index in [2.05, 4.69) is 10.0 Å². The standard InChI is InChI=1S/C18H18FN3O4S/c1-26-17-7-6-12(9-13(17)19)27(24,25)21-11-8-16-18(23)20-14-4-2-3-5-15(14)22(16)10-11/h2-7,9,11,16,21H,8,10H2,1H3,(H,20,23)/t11-,16+/m1/s1. The Morgan fingerprint density at radius 2 is 2.04 bits per heavy atom. The fourth-order valence-electron chi connectivity index (χ4n) is 3.58. The maximum absolute atomic E-state index is 13.9. The van der Waals surface area contributed by atoms with Gasteiger partial charge in [0, 0.05) is 12.6 Å². The monoisotopic (exact) mass is 391 g/mol. The van der Waals surface area contributed by atoms with Crippen molar-refractivity contribution in [2.24, 2.45) is 0 Å². The Kier molecular flexibility index (Phi) is 4.27. The highest BCUT2D eigenvalue weighted by Gasteiger charge is 2.42. The van der Waals surface area contributed by atoms with Crippen molar-refractivity contribution >= 4 is 27.3 Å². The van der Waals surface area contributed by atoms with Crippen LogP contribution in [0, 0.1) is 5.82 Å². The molecule has 142 valence electrons. The van der Waals surface area contributed by atoms with Crippen molar-refractivity contribution in [3.63, 3.8) is 0 Å². The van der Waals surface area contributed by atoms with Crippen LogP contribution in [0.25, 0.3) is 0 Å². The van der Waals surface area contributed by atoms with Crippen LogP contribution >= 0.6 is 0 Å². The number of nitrogens with one attached hydrogen (secondary N) is 2. The van der Waals surface area contributed by atoms with Gasteiger partial charge in [0.05, 0.1) is 23.4 Å². The van der Waals surface area contributed by atoms with Gasteiger partial charge in [-0.1, -0.05) is 12.1 Å². The summed E-state index contributed by atoms with van der Waals surface area (Å²) in [5.74, 6) is -0.941. The highest BCUT2D eigenvalue weighted by molar-refractivity contribution is 7.89. The lowest BCUT2D eigenvalue weighted by molar-refractivity contribution is -0.117. The molecule has 2 aliphatic rings. The van der Waals surface area contributed by atoms with Crippen LogP contribution in [0.15, 0.2) is 47.4 Å². The molecule has 0 aromatic heterocycles. The number of carbonyl (C=O) groups excluding carboxylic acids is 1. The van der Waals surface area contributed by atoms with E-state index in [1.54, 1.807) is 6.07 Å². The maximum atomic E-state index is 13.9. The summed E-state index contributed by atoms with van der Waals surface area (Å²) < 4.78 is 46.5. The van der Waals surface area contributed by atoms with Crippen LogP contribution in [0.1, 0.15) is 6.42 Å². The molecule has 2 heterocycles. The number of ether oxygens (including phenoxy) is 1. The fraction of sp³-hybridized carbons (Fsp3) is 0.278. The molecule has 0 spiro atoms. The number of hydrogen-bond acceptors (Lipinski definition) is 5. The first kappa shape index (κ1) is 17.7. The van der Waals surface area contributed by atoms with Gasteiger partial charge in [-0.3, -0.25) is 4.79 Å². The zero-order chi connectivity index (χ0) is 19.2. The molecule has 1 saturated heterocycles. The molecule has 7 nitrogen and oxygen atoms in total. The third-order valence-corrected chi connectivity index (χ3v) is 6.35. The minimum atomic E-state index is -3.93. The molecule has 2 atom stereocenters. The highest BCUT2D eigenvalue weighted by Crippen LogP contribution is 2.36. The van der Waals surface area contributed by atoms with Crippen LogP contribution in [-0.4, -0.2) is 40.1 Å². The van der Waals surface area contributed by atoms with E-state index in [4.69, 9.17) is 4.74 Å². The Balaban J connectivity index is 1.56. The van der Waals surface area contributed by atoms with E-state index in [1.807, 2.05) is 23.1 Å². The molecule has 2 aliphatic heterocycles. The SMILES string of the molecule is COc1ccc(S(=O)(=O)N[C@@H]2C[C@H]3C(=O)Nc4ccccc4N3C2)cc1F. The molecule has 1 fully saturated rings. The molecule has 2 aromatic carbocycles. The predicted octanol–water partition coefficient (Wildman–Crippen LogP) is 1.71. The Labute approximate surface area is 156 Å². The smallest absolute Gasteiger partial charge is 0.247 e. The van der Waals surface area contributed by atoms with Gasteiger partial charge >= 0.3 is 0 Å². The molecule has 0 aliphatic carbocycles. The summed E-state index contributed by atoms with van der Waals surface area (Å²) in [5.41, 5.74) is 1.57. The Hall–Kier alpha value is -2.65. The van der Waals surface area contributed by atoms with Crippen LogP contribution in [-0.2, 0) is 14.8 Å². The lowest BCUT2D eigenvalue weighted by atomic mass is 10.1. The molecule has 0 saturated carbocycles. The van der Waals surface area contributed by atoms with Gasteiger partial charge in [-0.15, -0.1) is 0 Å². The van der Waals surface area contributed by atoms with Crippen molar-refractivity contribution in [2.75, 3.05) is 23.9 Å². The second-order valence-corrected chi connectivity index (χ2v) is 8.24. The molecular formula is C18H18FN3O4S. The number of benzene rings is 2. The number of amides is 1. The van der Waals surface area contributed by atoms with Crippen molar-refractivity contribution in [3.8, 4) is 5.75 Å². The average molecular weight is 391 g/mol. The van der Waals surface area contributed by atoms with Gasteiger partial charge in [0.2, 0.25) is 15.9 Å². The van der Waals surface area contributed by atoms with Crippen LogP contribution in [0.5, 0.6) is 5.75 Å². The summed E-state index contributed by atoms with van der Waals surface area (Å²) in [5, 5.41) is 2.85. The Bertz CT molecular complexity index is 1010. The average Bonchev–Trinajstić information content (AvgIpc) is 3.05. The van der Waals surface area contributed by atoms with Gasteiger partial charge in [-0.05, 0) is 36.8 Å². The minimum absolute atomic E-state index is 0.0276. The summed E-state index contributed by atoms with van der Waals surface area (Å²) in [6.07, 6.45) is 0.331. The molecule has 0 radical (unpaired) electrons. The zero-order valence-corrected chi connectivity index (χ0v) is 15.3. The van der Waals surface area contributed by atoms with Gasteiger partial charge in [0.25, 0.3) is 0 Å². The van der Waals surface area contributed by atoms with Crippen LogP contribution in [0.3, 0.4) is 0 Å². The van der Waals surface area contributed by atoms with E-state index < -0.39 is 27.9 Å². The maximum Gasteiger partial charge on any atom is 0.247 e. The van der Waals surface area contributed by atoms with E-state index in [0.717, 1.165) is 11.8 Å². The summed E-state index contributed by atoms with van der Waals surface area (Å²) in [7, 11) is -2.62. The normalized spacial score (nSPS) is 21.4. The second kappa shape index (κ2) is 6.50. The van der Waals surface area contributed by atoms with E-state index in [1.165, 1.54) is 19.2 Å². The molecule has 0 unspecified atom stereocenters. The molecule has 0 bridgehead atoms. The zero-order valence-electron chi connectivity index (χ0n) is 14.5. The third-order valence-electron chi connectivity index (χ3n) is 4.83. The van der Waals surface area contributed by atoms with Crippen molar-refractivity contribution in [3.05, 3.63) is 48.3 Å². The van der Waals surface area contributed by atoms with Crippen LogP contribution in [0.2, 0.25) is 0 Å². The van der Waals surface area contributed by atoms with Gasteiger partial charge in [0.1, 0.15) is 6.04 Å². The number of halogens is 1. The molecule has 2 aromatic rings. The van der Waals surface area contributed by atoms with Crippen LogP contribution in [0.4, 0.5) is 15.8 Å². The summed E-state index contributed by atoms with van der Waals surface area (Å²) in [4.78, 5) is 14.1. The van der Waals surface area contributed by atoms with E-state index in [9.17, 15) is 17.6 Å². The number of fused-ring (bicyclic) bond motifs is 3. The third kappa shape index (κ3) is 3.13. The molecule has 27 heavy (non-hydrogen) atoms. The first-order valence-electron chi connectivity index (χ1n) is 8.41. The Morgan fingerprint density at radius 1 is 1.26 bits per heavy atom. The van der Waals surface area contributed by atoms with Gasteiger partial charge < -0.3 is 15.0 Å². The number of methoxy groups -OCH3 is 1.